The molecule has 1 aromatic heterocycles. The Labute approximate surface area is 126 Å². The third kappa shape index (κ3) is 7.07. The molecule has 0 saturated carbocycles. The van der Waals surface area contributed by atoms with Crippen LogP contribution in [-0.4, -0.2) is 41.4 Å². The summed E-state index contributed by atoms with van der Waals surface area (Å²) < 4.78 is 53.4. The lowest BCUT2D eigenvalue weighted by molar-refractivity contribution is 0.393. The summed E-state index contributed by atoms with van der Waals surface area (Å²) in [6, 6.07) is 3.25. The second-order valence-electron chi connectivity index (χ2n) is 5.14. The Bertz CT molecular complexity index is 647. The number of hydrogen-bond donors (Lipinski definition) is 2. The Hall–Kier alpha value is -0.900. The van der Waals surface area contributed by atoms with Crippen molar-refractivity contribution in [2.24, 2.45) is 0 Å². The van der Waals surface area contributed by atoms with Gasteiger partial charge in [0.1, 0.15) is 15.6 Å². The molecule has 0 fully saturated rings. The van der Waals surface area contributed by atoms with Crippen LogP contribution in [-0.2, 0) is 26.4 Å². The minimum absolute atomic E-state index is 0.0513. The van der Waals surface area contributed by atoms with Gasteiger partial charge >= 0.3 is 0 Å². The molecule has 0 unspecified atom stereocenters. The maximum atomic E-state index is 11.9. The van der Waals surface area contributed by atoms with Gasteiger partial charge in [-0.25, -0.2) is 21.6 Å². The zero-order valence-electron chi connectivity index (χ0n) is 12.4. The summed E-state index contributed by atoms with van der Waals surface area (Å²) in [6.45, 7) is 4.45. The molecular formula is C12H22N2O5S2. The van der Waals surface area contributed by atoms with Crippen LogP contribution in [0.1, 0.15) is 26.0 Å². The summed E-state index contributed by atoms with van der Waals surface area (Å²) >= 11 is 0. The normalized spacial score (nSPS) is 13.0. The van der Waals surface area contributed by atoms with Gasteiger partial charge in [0.2, 0.25) is 5.09 Å². The van der Waals surface area contributed by atoms with E-state index in [2.05, 4.69) is 10.0 Å². The summed E-state index contributed by atoms with van der Waals surface area (Å²) in [6.07, 6.45) is 1.34. The van der Waals surface area contributed by atoms with E-state index in [9.17, 15) is 16.8 Å². The smallest absolute Gasteiger partial charge is 0.273 e. The second-order valence-corrected chi connectivity index (χ2v) is 9.10. The standard InChI is InChI=1S/C12H22N2O5S2/c1-10(2)13-9-11-5-6-12(19-11)21(17,18)14-7-4-8-20(3,15)16/h5-6,10,13-14H,4,7-9H2,1-3H3. The summed E-state index contributed by atoms with van der Waals surface area (Å²) in [7, 11) is -6.82. The zero-order valence-corrected chi connectivity index (χ0v) is 14.1. The van der Waals surface area contributed by atoms with Crippen LogP contribution >= 0.6 is 0 Å². The molecule has 0 aliphatic carbocycles. The molecule has 1 rings (SSSR count). The van der Waals surface area contributed by atoms with Gasteiger partial charge in [0.25, 0.3) is 10.0 Å². The predicted octanol–water partition coefficient (Wildman–Crippen LogP) is 0.491. The first kappa shape index (κ1) is 18.1. The van der Waals surface area contributed by atoms with E-state index < -0.39 is 19.9 Å². The van der Waals surface area contributed by atoms with Crippen molar-refractivity contribution in [1.29, 1.82) is 0 Å². The molecule has 0 saturated heterocycles. The molecule has 0 aromatic carbocycles. The lowest BCUT2D eigenvalue weighted by atomic mass is 10.3. The van der Waals surface area contributed by atoms with Crippen LogP contribution in [0.15, 0.2) is 21.6 Å². The van der Waals surface area contributed by atoms with Crippen LogP contribution in [0.4, 0.5) is 0 Å². The molecule has 0 aliphatic heterocycles. The SMILES string of the molecule is CC(C)NCc1ccc(S(=O)(=O)NCCCS(C)(=O)=O)o1. The Morgan fingerprint density at radius 1 is 1.19 bits per heavy atom. The summed E-state index contributed by atoms with van der Waals surface area (Å²) in [5.74, 6) is 0.470. The highest BCUT2D eigenvalue weighted by molar-refractivity contribution is 7.90. The number of nitrogens with one attached hydrogen (secondary N) is 2. The van der Waals surface area contributed by atoms with Gasteiger partial charge in [-0.1, -0.05) is 13.8 Å². The van der Waals surface area contributed by atoms with E-state index in [4.69, 9.17) is 4.42 Å². The van der Waals surface area contributed by atoms with Crippen LogP contribution in [0.2, 0.25) is 0 Å². The molecule has 0 aliphatic rings. The highest BCUT2D eigenvalue weighted by atomic mass is 32.2. The molecule has 0 amide bonds. The Balaban J connectivity index is 2.54. The minimum atomic E-state index is -3.74. The van der Waals surface area contributed by atoms with Crippen LogP contribution in [0, 0.1) is 0 Å². The maximum absolute atomic E-state index is 11.9. The number of furan rings is 1. The number of sulfone groups is 1. The first-order valence-electron chi connectivity index (χ1n) is 6.59. The molecule has 0 bridgehead atoms. The molecular weight excluding hydrogens is 316 g/mol. The first-order valence-corrected chi connectivity index (χ1v) is 10.1. The van der Waals surface area contributed by atoms with Gasteiger partial charge in [0.15, 0.2) is 0 Å². The van der Waals surface area contributed by atoms with Crippen LogP contribution < -0.4 is 10.0 Å². The van der Waals surface area contributed by atoms with Crippen LogP contribution in [0.3, 0.4) is 0 Å². The van der Waals surface area contributed by atoms with Crippen molar-refractivity contribution in [3.8, 4) is 0 Å². The third-order valence-corrected chi connectivity index (χ3v) is 4.93. The molecule has 0 spiro atoms. The molecule has 122 valence electrons. The average molecular weight is 338 g/mol. The lowest BCUT2D eigenvalue weighted by Gasteiger charge is -2.06. The fourth-order valence-corrected chi connectivity index (χ4v) is 3.20. The van der Waals surface area contributed by atoms with E-state index in [0.717, 1.165) is 6.26 Å². The fraction of sp³-hybridized carbons (Fsp3) is 0.667. The van der Waals surface area contributed by atoms with Crippen molar-refractivity contribution >= 4 is 19.9 Å². The van der Waals surface area contributed by atoms with E-state index in [1.54, 1.807) is 6.07 Å². The number of rotatable bonds is 9. The maximum Gasteiger partial charge on any atom is 0.273 e. The number of hydrogen-bond acceptors (Lipinski definition) is 6. The fourth-order valence-electron chi connectivity index (χ4n) is 1.51. The van der Waals surface area contributed by atoms with Crippen molar-refractivity contribution in [2.75, 3.05) is 18.6 Å². The van der Waals surface area contributed by atoms with Crippen molar-refractivity contribution in [1.82, 2.24) is 10.0 Å². The highest BCUT2D eigenvalue weighted by Gasteiger charge is 2.18. The van der Waals surface area contributed by atoms with E-state index in [1.807, 2.05) is 13.8 Å². The van der Waals surface area contributed by atoms with Gasteiger partial charge in [-0.3, -0.25) is 0 Å². The Morgan fingerprint density at radius 2 is 1.86 bits per heavy atom. The van der Waals surface area contributed by atoms with Crippen molar-refractivity contribution in [2.45, 2.75) is 37.9 Å². The van der Waals surface area contributed by atoms with E-state index in [0.29, 0.717) is 12.3 Å². The zero-order chi connectivity index (χ0) is 16.1. The van der Waals surface area contributed by atoms with Crippen molar-refractivity contribution in [3.05, 3.63) is 17.9 Å². The monoisotopic (exact) mass is 338 g/mol. The first-order chi connectivity index (χ1) is 9.60. The van der Waals surface area contributed by atoms with Gasteiger partial charge < -0.3 is 9.73 Å². The van der Waals surface area contributed by atoms with E-state index in [-0.39, 0.29) is 29.9 Å². The number of sulfonamides is 1. The van der Waals surface area contributed by atoms with Gasteiger partial charge in [0, 0.05) is 18.8 Å². The second kappa shape index (κ2) is 7.39. The topological polar surface area (TPSA) is 105 Å². The van der Waals surface area contributed by atoms with Gasteiger partial charge in [-0.05, 0) is 18.6 Å². The van der Waals surface area contributed by atoms with Gasteiger partial charge in [0.05, 0.1) is 12.3 Å². The van der Waals surface area contributed by atoms with Crippen molar-refractivity contribution < 1.29 is 21.3 Å². The molecule has 1 aromatic rings. The highest BCUT2D eigenvalue weighted by Crippen LogP contribution is 2.13. The summed E-state index contributed by atoms with van der Waals surface area (Å²) in [5.41, 5.74) is 0. The average Bonchev–Trinajstić information content (AvgIpc) is 2.80. The quantitative estimate of drug-likeness (QED) is 0.635. The molecule has 21 heavy (non-hydrogen) atoms. The van der Waals surface area contributed by atoms with E-state index in [1.165, 1.54) is 6.07 Å². The Kier molecular flexibility index (Phi) is 6.39. The van der Waals surface area contributed by atoms with Crippen molar-refractivity contribution in [3.63, 3.8) is 0 Å². The van der Waals surface area contributed by atoms with Gasteiger partial charge in [-0.15, -0.1) is 0 Å². The summed E-state index contributed by atoms with van der Waals surface area (Å²) in [5, 5.41) is 2.96. The Morgan fingerprint density at radius 3 is 2.43 bits per heavy atom. The molecule has 9 heteroatoms. The third-order valence-electron chi connectivity index (χ3n) is 2.57. The molecule has 0 radical (unpaired) electrons. The largest absolute Gasteiger partial charge is 0.447 e. The van der Waals surface area contributed by atoms with E-state index >= 15 is 0 Å². The molecule has 1 heterocycles. The lowest BCUT2D eigenvalue weighted by Crippen LogP contribution is -2.26. The van der Waals surface area contributed by atoms with Crippen LogP contribution in [0.25, 0.3) is 0 Å². The molecule has 2 N–H and O–H groups in total. The molecule has 0 atom stereocenters. The molecule has 7 nitrogen and oxygen atoms in total. The van der Waals surface area contributed by atoms with Gasteiger partial charge in [-0.2, -0.15) is 0 Å². The van der Waals surface area contributed by atoms with Crippen LogP contribution in [0.5, 0.6) is 0 Å². The predicted molar refractivity (Wildman–Crippen MR) is 80.2 cm³/mol. The minimum Gasteiger partial charge on any atom is -0.447 e. The summed E-state index contributed by atoms with van der Waals surface area (Å²) in [4.78, 5) is 0.